The van der Waals surface area contributed by atoms with Crippen LogP contribution in [-0.4, -0.2) is 44.6 Å². The Morgan fingerprint density at radius 1 is 1.33 bits per heavy atom. The van der Waals surface area contributed by atoms with E-state index in [1.807, 2.05) is 0 Å². The lowest BCUT2D eigenvalue weighted by molar-refractivity contribution is -0.129. The highest BCUT2D eigenvalue weighted by molar-refractivity contribution is 6.30. The van der Waals surface area contributed by atoms with Crippen LogP contribution in [0, 0.1) is 12.8 Å². The molecule has 1 aliphatic rings. The molecule has 0 spiro atoms. The minimum Gasteiger partial charge on any atom is -0.291 e. The first-order valence-corrected chi connectivity index (χ1v) is 6.40. The van der Waals surface area contributed by atoms with Gasteiger partial charge in [-0.25, -0.2) is 5.01 Å². The molecule has 0 unspecified atom stereocenters. The number of rotatable bonds is 3. The molecular formula is C14H13N5O2. The van der Waals surface area contributed by atoms with Gasteiger partial charge in [-0.15, -0.1) is 0 Å². The number of amides is 1. The van der Waals surface area contributed by atoms with Crippen molar-refractivity contribution in [1.82, 2.24) is 20.2 Å². The molecule has 0 saturated carbocycles. The summed E-state index contributed by atoms with van der Waals surface area (Å²) in [7, 11) is 1.53. The number of aromatic amines is 1. The molecule has 21 heavy (non-hydrogen) atoms. The van der Waals surface area contributed by atoms with Crippen molar-refractivity contribution in [2.45, 2.75) is 6.92 Å². The van der Waals surface area contributed by atoms with Gasteiger partial charge in [0.25, 0.3) is 5.91 Å². The monoisotopic (exact) mass is 283 g/mol. The number of carbonyl (C=O) groups is 2. The van der Waals surface area contributed by atoms with Crippen LogP contribution in [0.5, 0.6) is 0 Å². The van der Waals surface area contributed by atoms with Gasteiger partial charge in [-0.2, -0.15) is 10.2 Å². The van der Waals surface area contributed by atoms with Crippen LogP contribution in [0.2, 0.25) is 0 Å². The van der Waals surface area contributed by atoms with Gasteiger partial charge >= 0.3 is 0 Å². The number of carbonyl (C=O) groups excluding carboxylic acids is 2. The van der Waals surface area contributed by atoms with Crippen molar-refractivity contribution >= 4 is 17.4 Å². The van der Waals surface area contributed by atoms with Gasteiger partial charge in [0.05, 0.1) is 5.71 Å². The van der Waals surface area contributed by atoms with Crippen molar-refractivity contribution in [3.05, 3.63) is 47.5 Å². The third-order valence-corrected chi connectivity index (χ3v) is 3.29. The number of hydrogen-bond acceptors (Lipinski definition) is 5. The second-order valence-electron chi connectivity index (χ2n) is 4.82. The summed E-state index contributed by atoms with van der Waals surface area (Å²) in [6, 6.07) is 5.07. The largest absolute Gasteiger partial charge is 0.291 e. The number of aromatic nitrogens is 3. The van der Waals surface area contributed by atoms with E-state index in [0.717, 1.165) is 5.69 Å². The van der Waals surface area contributed by atoms with Crippen molar-refractivity contribution in [3.8, 4) is 0 Å². The van der Waals surface area contributed by atoms with Crippen molar-refractivity contribution < 1.29 is 9.59 Å². The molecule has 2 aromatic heterocycles. The molecule has 0 aliphatic carbocycles. The Bertz CT molecular complexity index is 735. The summed E-state index contributed by atoms with van der Waals surface area (Å²) in [5.74, 6) is -1.67. The van der Waals surface area contributed by atoms with E-state index < -0.39 is 5.92 Å². The highest BCUT2D eigenvalue weighted by Crippen LogP contribution is 2.23. The van der Waals surface area contributed by atoms with Crippen LogP contribution in [-0.2, 0) is 4.79 Å². The van der Waals surface area contributed by atoms with Gasteiger partial charge in [0.1, 0.15) is 11.6 Å². The summed E-state index contributed by atoms with van der Waals surface area (Å²) in [4.78, 5) is 28.8. The lowest BCUT2D eigenvalue weighted by Gasteiger charge is -2.08. The van der Waals surface area contributed by atoms with Crippen LogP contribution in [0.3, 0.4) is 0 Å². The highest BCUT2D eigenvalue weighted by Gasteiger charge is 2.41. The van der Waals surface area contributed by atoms with Gasteiger partial charge in [-0.3, -0.25) is 19.7 Å². The maximum atomic E-state index is 12.6. The van der Waals surface area contributed by atoms with E-state index in [4.69, 9.17) is 0 Å². The topological polar surface area (TPSA) is 91.3 Å². The zero-order valence-electron chi connectivity index (χ0n) is 11.6. The summed E-state index contributed by atoms with van der Waals surface area (Å²) < 4.78 is 0. The number of hydrazone groups is 1. The molecule has 1 amide bonds. The molecule has 0 radical (unpaired) electrons. The van der Waals surface area contributed by atoms with Crippen molar-refractivity contribution in [3.63, 3.8) is 0 Å². The average molecular weight is 283 g/mol. The van der Waals surface area contributed by atoms with E-state index in [0.29, 0.717) is 11.3 Å². The second kappa shape index (κ2) is 4.93. The first-order chi connectivity index (χ1) is 10.1. The normalized spacial score (nSPS) is 18.0. The minimum absolute atomic E-state index is 0.239. The predicted octanol–water partition coefficient (Wildman–Crippen LogP) is 0.788. The molecule has 2 aromatic rings. The zero-order chi connectivity index (χ0) is 15.0. The van der Waals surface area contributed by atoms with E-state index in [-0.39, 0.29) is 17.4 Å². The van der Waals surface area contributed by atoms with Gasteiger partial charge in [0.15, 0.2) is 0 Å². The number of ketones is 1. The average Bonchev–Trinajstić information content (AvgIpc) is 3.04. The van der Waals surface area contributed by atoms with Gasteiger partial charge < -0.3 is 0 Å². The van der Waals surface area contributed by atoms with E-state index in [1.165, 1.54) is 12.1 Å². The fraction of sp³-hybridized carbons (Fsp3) is 0.214. The van der Waals surface area contributed by atoms with Crippen molar-refractivity contribution in [1.29, 1.82) is 0 Å². The predicted molar refractivity (Wildman–Crippen MR) is 74.7 cm³/mol. The Hall–Kier alpha value is -2.83. The van der Waals surface area contributed by atoms with Crippen molar-refractivity contribution in [2.75, 3.05) is 7.05 Å². The van der Waals surface area contributed by atoms with E-state index >= 15 is 0 Å². The summed E-state index contributed by atoms with van der Waals surface area (Å²) in [6.45, 7) is 1.80. The summed E-state index contributed by atoms with van der Waals surface area (Å²) in [6.07, 6.45) is 3.20. The van der Waals surface area contributed by atoms with Gasteiger partial charge in [0.2, 0.25) is 5.78 Å². The molecule has 0 aromatic carbocycles. The van der Waals surface area contributed by atoms with E-state index in [1.54, 1.807) is 37.5 Å². The smallest absolute Gasteiger partial charge is 0.259 e. The summed E-state index contributed by atoms with van der Waals surface area (Å²) in [5.41, 5.74) is 2.13. The molecule has 1 atom stereocenters. The summed E-state index contributed by atoms with van der Waals surface area (Å²) in [5, 5.41) is 12.0. The Kier molecular flexibility index (Phi) is 3.09. The molecular weight excluding hydrogens is 270 g/mol. The van der Waals surface area contributed by atoms with Gasteiger partial charge in [-0.1, -0.05) is 0 Å². The van der Waals surface area contributed by atoms with Crippen LogP contribution in [0.1, 0.15) is 21.7 Å². The highest BCUT2D eigenvalue weighted by atomic mass is 16.2. The lowest BCUT2D eigenvalue weighted by Crippen LogP contribution is -2.32. The number of Topliss-reactive ketones (excluding diaryl/α,β-unsaturated/α-hetero) is 1. The first kappa shape index (κ1) is 13.2. The van der Waals surface area contributed by atoms with Gasteiger partial charge in [0, 0.05) is 30.7 Å². The Morgan fingerprint density at radius 3 is 2.67 bits per heavy atom. The van der Waals surface area contributed by atoms with Crippen LogP contribution in [0.15, 0.2) is 35.7 Å². The Balaban J connectivity index is 2.01. The van der Waals surface area contributed by atoms with E-state index in [9.17, 15) is 9.59 Å². The zero-order valence-corrected chi connectivity index (χ0v) is 11.6. The Morgan fingerprint density at radius 2 is 2.05 bits per heavy atom. The molecule has 7 heteroatoms. The molecule has 0 fully saturated rings. The number of pyridine rings is 1. The number of hydrogen-bond donors (Lipinski definition) is 1. The third kappa shape index (κ3) is 2.22. The number of nitrogens with zero attached hydrogens (tertiary/aromatic N) is 4. The quantitative estimate of drug-likeness (QED) is 0.666. The SMILES string of the molecule is Cc1cc(C(=O)[C@H]2C(=O)N(C)N=C2c2ccncc2)n[nH]1. The minimum atomic E-state index is -0.958. The molecule has 7 nitrogen and oxygen atoms in total. The Labute approximate surface area is 120 Å². The standard InChI is InChI=1S/C14H13N5O2/c1-8-7-10(17-16-8)13(20)11-12(18-19(2)14(11)21)9-3-5-15-6-4-9/h3-7,11H,1-2H3,(H,16,17)/t11-/m0/s1. The number of aryl methyl sites for hydroxylation is 1. The molecule has 106 valence electrons. The van der Waals surface area contributed by atoms with Crippen molar-refractivity contribution in [2.24, 2.45) is 11.0 Å². The molecule has 3 heterocycles. The molecule has 3 rings (SSSR count). The first-order valence-electron chi connectivity index (χ1n) is 6.40. The van der Waals surface area contributed by atoms with Crippen LogP contribution < -0.4 is 0 Å². The fourth-order valence-electron chi connectivity index (χ4n) is 2.25. The van der Waals surface area contributed by atoms with Crippen LogP contribution >= 0.6 is 0 Å². The molecule has 1 N–H and O–H groups in total. The maximum Gasteiger partial charge on any atom is 0.259 e. The van der Waals surface area contributed by atoms with E-state index in [2.05, 4.69) is 20.3 Å². The lowest BCUT2D eigenvalue weighted by atomic mass is 9.92. The van der Waals surface area contributed by atoms with Crippen LogP contribution in [0.4, 0.5) is 0 Å². The molecule has 0 bridgehead atoms. The van der Waals surface area contributed by atoms with Gasteiger partial charge in [-0.05, 0) is 25.1 Å². The third-order valence-electron chi connectivity index (χ3n) is 3.29. The molecule has 1 aliphatic heterocycles. The number of H-pyrrole nitrogens is 1. The number of nitrogens with one attached hydrogen (secondary N) is 1. The molecule has 0 saturated heterocycles. The fourth-order valence-corrected chi connectivity index (χ4v) is 2.25. The summed E-state index contributed by atoms with van der Waals surface area (Å²) >= 11 is 0. The second-order valence-corrected chi connectivity index (χ2v) is 4.82. The maximum absolute atomic E-state index is 12.6. The van der Waals surface area contributed by atoms with Crippen LogP contribution in [0.25, 0.3) is 0 Å².